The Morgan fingerprint density at radius 1 is 0.833 bits per heavy atom. The highest BCUT2D eigenvalue weighted by Gasteiger charge is 2.16. The Morgan fingerprint density at radius 3 is 1.83 bits per heavy atom. The summed E-state index contributed by atoms with van der Waals surface area (Å²) in [5.41, 5.74) is 3.35. The van der Waals surface area contributed by atoms with E-state index in [1.165, 1.54) is 0 Å². The molecular weight excluding hydrogens is 224 g/mol. The molecule has 0 fully saturated rings. The highest BCUT2D eigenvalue weighted by molar-refractivity contribution is 5.85. The van der Waals surface area contributed by atoms with E-state index < -0.39 is 0 Å². The van der Waals surface area contributed by atoms with Crippen molar-refractivity contribution in [3.05, 3.63) is 65.7 Å². The Kier molecular flexibility index (Phi) is 2.77. The third-order valence-corrected chi connectivity index (χ3v) is 3.07. The lowest BCUT2D eigenvalue weighted by Gasteiger charge is -2.20. The number of hydrogen-bond donors (Lipinski definition) is 0. The minimum atomic E-state index is 0.241. The molecule has 0 aromatic heterocycles. The molecule has 1 aliphatic rings. The molecule has 0 amide bonds. The van der Waals surface area contributed by atoms with Crippen LogP contribution in [0.3, 0.4) is 0 Å². The molecule has 0 aliphatic carbocycles. The highest BCUT2D eigenvalue weighted by atomic mass is 16.7. The van der Waals surface area contributed by atoms with Gasteiger partial charge in [0.05, 0.1) is 0 Å². The molecule has 2 heteroatoms. The predicted octanol–water partition coefficient (Wildman–Crippen LogP) is 3.87. The van der Waals surface area contributed by atoms with Gasteiger partial charge in [-0.2, -0.15) is 0 Å². The van der Waals surface area contributed by atoms with Crippen LogP contribution < -0.4 is 9.47 Å². The Bertz CT molecular complexity index is 550. The topological polar surface area (TPSA) is 18.5 Å². The SMILES string of the molecule is CC=C1c2ccccc2OCOc2ccccc21. The Morgan fingerprint density at radius 2 is 1.33 bits per heavy atom. The lowest BCUT2D eigenvalue weighted by Crippen LogP contribution is -2.11. The van der Waals surface area contributed by atoms with Crippen LogP contribution in [-0.2, 0) is 0 Å². The van der Waals surface area contributed by atoms with Crippen molar-refractivity contribution in [2.75, 3.05) is 6.79 Å². The third-order valence-electron chi connectivity index (χ3n) is 3.07. The maximum Gasteiger partial charge on any atom is 0.230 e. The third kappa shape index (κ3) is 1.76. The number of fused-ring (bicyclic) bond motifs is 2. The van der Waals surface area contributed by atoms with Crippen LogP contribution in [-0.4, -0.2) is 6.79 Å². The van der Waals surface area contributed by atoms with Crippen LogP contribution in [0, 0.1) is 0 Å². The van der Waals surface area contributed by atoms with Gasteiger partial charge >= 0.3 is 0 Å². The molecule has 2 aromatic carbocycles. The highest BCUT2D eigenvalue weighted by Crippen LogP contribution is 2.37. The molecule has 1 heterocycles. The van der Waals surface area contributed by atoms with Crippen LogP contribution in [0.2, 0.25) is 0 Å². The van der Waals surface area contributed by atoms with Crippen molar-refractivity contribution in [3.63, 3.8) is 0 Å². The zero-order chi connectivity index (χ0) is 12.4. The largest absolute Gasteiger partial charge is 0.457 e. The summed E-state index contributed by atoms with van der Waals surface area (Å²) in [7, 11) is 0. The lowest BCUT2D eigenvalue weighted by atomic mass is 9.96. The quantitative estimate of drug-likeness (QED) is 0.693. The smallest absolute Gasteiger partial charge is 0.230 e. The fourth-order valence-electron chi connectivity index (χ4n) is 2.24. The van der Waals surface area contributed by atoms with E-state index >= 15 is 0 Å². The van der Waals surface area contributed by atoms with Crippen molar-refractivity contribution in [2.45, 2.75) is 6.92 Å². The summed E-state index contributed by atoms with van der Waals surface area (Å²) in [5, 5.41) is 0. The summed E-state index contributed by atoms with van der Waals surface area (Å²) in [6.07, 6.45) is 2.09. The molecule has 0 saturated carbocycles. The number of ether oxygens (including phenoxy) is 2. The van der Waals surface area contributed by atoms with Crippen LogP contribution >= 0.6 is 0 Å². The molecule has 0 unspecified atom stereocenters. The van der Waals surface area contributed by atoms with Crippen LogP contribution in [0.1, 0.15) is 18.1 Å². The summed E-state index contributed by atoms with van der Waals surface area (Å²) in [5.74, 6) is 1.72. The van der Waals surface area contributed by atoms with E-state index in [0.717, 1.165) is 28.2 Å². The minimum Gasteiger partial charge on any atom is -0.457 e. The van der Waals surface area contributed by atoms with Crippen LogP contribution in [0.5, 0.6) is 11.5 Å². The van der Waals surface area contributed by atoms with Gasteiger partial charge in [0, 0.05) is 11.1 Å². The van der Waals surface area contributed by atoms with Crippen molar-refractivity contribution < 1.29 is 9.47 Å². The normalized spacial score (nSPS) is 13.3. The molecule has 0 bridgehead atoms. The first-order chi connectivity index (χ1) is 8.90. The van der Waals surface area contributed by atoms with Crippen molar-refractivity contribution in [3.8, 4) is 11.5 Å². The summed E-state index contributed by atoms with van der Waals surface area (Å²) in [4.78, 5) is 0. The van der Waals surface area contributed by atoms with E-state index in [4.69, 9.17) is 9.47 Å². The Hall–Kier alpha value is -2.22. The molecule has 0 saturated heterocycles. The van der Waals surface area contributed by atoms with E-state index in [0.29, 0.717) is 0 Å². The Labute approximate surface area is 106 Å². The first kappa shape index (κ1) is 10.9. The van der Waals surface area contributed by atoms with Crippen molar-refractivity contribution in [1.29, 1.82) is 0 Å². The number of benzene rings is 2. The molecular formula is C16H14O2. The van der Waals surface area contributed by atoms with E-state index in [1.807, 2.05) is 43.3 Å². The second-order valence-electron chi connectivity index (χ2n) is 4.10. The van der Waals surface area contributed by atoms with Gasteiger partial charge in [-0.3, -0.25) is 0 Å². The molecule has 3 rings (SSSR count). The number of allylic oxidation sites excluding steroid dienone is 1. The van der Waals surface area contributed by atoms with Crippen LogP contribution in [0.25, 0.3) is 5.57 Å². The van der Waals surface area contributed by atoms with Gasteiger partial charge in [0.15, 0.2) is 0 Å². The monoisotopic (exact) mass is 238 g/mol. The molecule has 0 spiro atoms. The van der Waals surface area contributed by atoms with Gasteiger partial charge in [-0.15, -0.1) is 0 Å². The van der Waals surface area contributed by atoms with E-state index in [1.54, 1.807) is 0 Å². The Balaban J connectivity index is 2.23. The average molecular weight is 238 g/mol. The summed E-state index contributed by atoms with van der Waals surface area (Å²) < 4.78 is 11.3. The average Bonchev–Trinajstić information content (AvgIpc) is 2.40. The standard InChI is InChI=1S/C16H14O2/c1-2-12-13-7-3-5-9-15(13)17-11-18-16-10-6-4-8-14(12)16/h2-10H,11H2,1H3. The van der Waals surface area contributed by atoms with Crippen LogP contribution in [0.4, 0.5) is 0 Å². The molecule has 0 N–H and O–H groups in total. The second kappa shape index (κ2) is 4.57. The lowest BCUT2D eigenvalue weighted by molar-refractivity contribution is 0.118. The number of para-hydroxylation sites is 2. The van der Waals surface area contributed by atoms with Crippen LogP contribution in [0.15, 0.2) is 54.6 Å². The summed E-state index contributed by atoms with van der Waals surface area (Å²) >= 11 is 0. The second-order valence-corrected chi connectivity index (χ2v) is 4.10. The minimum absolute atomic E-state index is 0.241. The van der Waals surface area contributed by atoms with Gasteiger partial charge in [0.1, 0.15) is 11.5 Å². The summed E-state index contributed by atoms with van der Waals surface area (Å²) in [6.45, 7) is 2.27. The van der Waals surface area contributed by atoms with Gasteiger partial charge in [-0.25, -0.2) is 0 Å². The van der Waals surface area contributed by atoms with Gasteiger partial charge in [-0.1, -0.05) is 42.5 Å². The number of rotatable bonds is 0. The van der Waals surface area contributed by atoms with Crippen molar-refractivity contribution >= 4 is 5.57 Å². The first-order valence-electron chi connectivity index (χ1n) is 6.01. The first-order valence-corrected chi connectivity index (χ1v) is 6.01. The predicted molar refractivity (Wildman–Crippen MR) is 71.8 cm³/mol. The van der Waals surface area contributed by atoms with E-state index in [-0.39, 0.29) is 6.79 Å². The molecule has 0 radical (unpaired) electrons. The molecule has 0 atom stereocenters. The van der Waals surface area contributed by atoms with Gasteiger partial charge < -0.3 is 9.47 Å². The molecule has 2 nitrogen and oxygen atoms in total. The number of hydrogen-bond acceptors (Lipinski definition) is 2. The molecule has 2 aromatic rings. The van der Waals surface area contributed by atoms with E-state index in [2.05, 4.69) is 18.2 Å². The zero-order valence-electron chi connectivity index (χ0n) is 10.2. The molecule has 18 heavy (non-hydrogen) atoms. The van der Waals surface area contributed by atoms with Crippen molar-refractivity contribution in [1.82, 2.24) is 0 Å². The molecule has 90 valence electrons. The van der Waals surface area contributed by atoms with Gasteiger partial charge in [0.2, 0.25) is 6.79 Å². The zero-order valence-corrected chi connectivity index (χ0v) is 10.2. The molecule has 1 aliphatic heterocycles. The van der Waals surface area contributed by atoms with Crippen molar-refractivity contribution in [2.24, 2.45) is 0 Å². The van der Waals surface area contributed by atoms with Gasteiger partial charge in [0.25, 0.3) is 0 Å². The summed E-state index contributed by atoms with van der Waals surface area (Å²) in [6, 6.07) is 16.1. The maximum atomic E-state index is 5.65. The van der Waals surface area contributed by atoms with Gasteiger partial charge in [-0.05, 0) is 24.6 Å². The maximum absolute atomic E-state index is 5.65. The van der Waals surface area contributed by atoms with E-state index in [9.17, 15) is 0 Å². The fourth-order valence-corrected chi connectivity index (χ4v) is 2.24. The fraction of sp³-hybridized carbons (Fsp3) is 0.125.